The molecule has 136 valence electrons. The van der Waals surface area contributed by atoms with Gasteiger partial charge in [-0.1, -0.05) is 4.49 Å². The van der Waals surface area contributed by atoms with Gasteiger partial charge in [-0.25, -0.2) is 4.68 Å². The molecule has 0 unspecified atom stereocenters. The van der Waals surface area contributed by atoms with Gasteiger partial charge < -0.3 is 10.1 Å². The minimum absolute atomic E-state index is 0.0864. The maximum absolute atomic E-state index is 12.2. The number of nitrogens with zero attached hydrogens (tertiary/aromatic N) is 7. The quantitative estimate of drug-likeness (QED) is 0.746. The Kier molecular flexibility index (Phi) is 5.66. The van der Waals surface area contributed by atoms with E-state index < -0.39 is 0 Å². The van der Waals surface area contributed by atoms with Crippen molar-refractivity contribution in [3.8, 4) is 0 Å². The Balaban J connectivity index is 1.54. The first-order valence-corrected chi connectivity index (χ1v) is 8.96. The van der Waals surface area contributed by atoms with Gasteiger partial charge in [-0.05, 0) is 42.7 Å². The molecule has 1 fully saturated rings. The minimum Gasteiger partial charge on any atom is -0.373 e. The van der Waals surface area contributed by atoms with E-state index >= 15 is 0 Å². The van der Waals surface area contributed by atoms with Crippen molar-refractivity contribution in [2.45, 2.75) is 52.6 Å². The van der Waals surface area contributed by atoms with Crippen LogP contribution >= 0.6 is 11.5 Å². The molecule has 1 N–H and O–H groups in total. The van der Waals surface area contributed by atoms with Crippen LogP contribution in [0, 0.1) is 6.92 Å². The maximum atomic E-state index is 12.2. The molecule has 1 saturated heterocycles. The molecule has 2 atom stereocenters. The third kappa shape index (κ3) is 4.77. The predicted octanol–water partition coefficient (Wildman–Crippen LogP) is -0.241. The van der Waals surface area contributed by atoms with Gasteiger partial charge in [-0.2, -0.15) is 0 Å². The van der Waals surface area contributed by atoms with E-state index in [2.05, 4.69) is 49.2 Å². The lowest BCUT2D eigenvalue weighted by molar-refractivity contribution is -0.122. The van der Waals surface area contributed by atoms with Gasteiger partial charge in [0.2, 0.25) is 5.91 Å². The number of hydrogen-bond donors (Lipinski definition) is 1. The van der Waals surface area contributed by atoms with Crippen LogP contribution < -0.4 is 5.32 Å². The molecule has 3 heterocycles. The number of ether oxygens (including phenoxy) is 1. The van der Waals surface area contributed by atoms with Crippen LogP contribution in [0.4, 0.5) is 0 Å². The molecular formula is C14H22N8O2S. The smallest absolute Gasteiger partial charge is 0.242 e. The van der Waals surface area contributed by atoms with E-state index in [9.17, 15) is 4.79 Å². The molecule has 10 nitrogen and oxygen atoms in total. The van der Waals surface area contributed by atoms with E-state index in [0.717, 1.165) is 23.7 Å². The molecule has 1 aliphatic heterocycles. The Morgan fingerprint density at radius 2 is 2.08 bits per heavy atom. The molecule has 1 amide bonds. The fraction of sp³-hybridized carbons (Fsp3) is 0.714. The Morgan fingerprint density at radius 1 is 1.32 bits per heavy atom. The largest absolute Gasteiger partial charge is 0.373 e. The van der Waals surface area contributed by atoms with Crippen LogP contribution in [0.15, 0.2) is 0 Å². The van der Waals surface area contributed by atoms with Gasteiger partial charge in [0, 0.05) is 13.1 Å². The molecular weight excluding hydrogens is 344 g/mol. The SMILES string of the molecule is Cc1nnsc1CNC(=O)Cn1nnnc1CN1C[C@@H](C)O[C@@H](C)C1. The van der Waals surface area contributed by atoms with Crippen molar-refractivity contribution in [3.05, 3.63) is 16.4 Å². The fourth-order valence-corrected chi connectivity index (χ4v) is 3.43. The molecule has 0 aliphatic carbocycles. The number of amides is 1. The van der Waals surface area contributed by atoms with Crippen LogP contribution in [-0.4, -0.2) is 65.9 Å². The Morgan fingerprint density at radius 3 is 2.76 bits per heavy atom. The summed E-state index contributed by atoms with van der Waals surface area (Å²) in [6, 6.07) is 0. The van der Waals surface area contributed by atoms with Crippen molar-refractivity contribution in [3.63, 3.8) is 0 Å². The van der Waals surface area contributed by atoms with Crippen LogP contribution in [0.5, 0.6) is 0 Å². The molecule has 0 saturated carbocycles. The second-order valence-electron chi connectivity index (χ2n) is 6.26. The van der Waals surface area contributed by atoms with E-state index in [-0.39, 0.29) is 24.7 Å². The minimum atomic E-state index is -0.148. The highest BCUT2D eigenvalue weighted by atomic mass is 32.1. The predicted molar refractivity (Wildman–Crippen MR) is 89.6 cm³/mol. The third-order valence-electron chi connectivity index (χ3n) is 3.95. The molecule has 1 aliphatic rings. The van der Waals surface area contributed by atoms with Crippen molar-refractivity contribution in [1.82, 2.24) is 40.0 Å². The second-order valence-corrected chi connectivity index (χ2v) is 7.10. The van der Waals surface area contributed by atoms with E-state index in [4.69, 9.17) is 4.74 Å². The van der Waals surface area contributed by atoms with E-state index in [1.807, 2.05) is 6.92 Å². The first-order chi connectivity index (χ1) is 12.0. The van der Waals surface area contributed by atoms with Crippen LogP contribution in [-0.2, 0) is 29.2 Å². The number of aromatic nitrogens is 6. The van der Waals surface area contributed by atoms with E-state index in [0.29, 0.717) is 18.9 Å². The Bertz CT molecular complexity index is 707. The first kappa shape index (κ1) is 17.8. The van der Waals surface area contributed by atoms with Crippen molar-refractivity contribution in [2.75, 3.05) is 13.1 Å². The zero-order valence-electron chi connectivity index (χ0n) is 14.5. The highest BCUT2D eigenvalue weighted by Crippen LogP contribution is 2.13. The topological polar surface area (TPSA) is 111 Å². The lowest BCUT2D eigenvalue weighted by Crippen LogP contribution is -2.45. The van der Waals surface area contributed by atoms with Gasteiger partial charge in [0.1, 0.15) is 6.54 Å². The molecule has 0 aromatic carbocycles. The summed E-state index contributed by atoms with van der Waals surface area (Å²) in [6.45, 7) is 8.71. The van der Waals surface area contributed by atoms with Crippen LogP contribution in [0.25, 0.3) is 0 Å². The fourth-order valence-electron chi connectivity index (χ4n) is 2.86. The average Bonchev–Trinajstić information content (AvgIpc) is 3.13. The van der Waals surface area contributed by atoms with Gasteiger partial charge in [-0.15, -0.1) is 10.2 Å². The molecule has 0 radical (unpaired) electrons. The molecule has 11 heteroatoms. The summed E-state index contributed by atoms with van der Waals surface area (Å²) in [5, 5.41) is 18.5. The number of carbonyl (C=O) groups is 1. The van der Waals surface area contributed by atoms with Crippen molar-refractivity contribution >= 4 is 17.4 Å². The Labute approximate surface area is 149 Å². The van der Waals surface area contributed by atoms with Gasteiger partial charge in [0.05, 0.1) is 35.9 Å². The normalized spacial score (nSPS) is 21.4. The molecule has 25 heavy (non-hydrogen) atoms. The van der Waals surface area contributed by atoms with E-state index in [1.54, 1.807) is 0 Å². The highest BCUT2D eigenvalue weighted by Gasteiger charge is 2.24. The number of hydrogen-bond acceptors (Lipinski definition) is 9. The second kappa shape index (κ2) is 7.93. The lowest BCUT2D eigenvalue weighted by Gasteiger charge is -2.34. The Hall–Kier alpha value is -1.98. The number of morpholine rings is 1. The summed E-state index contributed by atoms with van der Waals surface area (Å²) in [4.78, 5) is 15.4. The average molecular weight is 366 g/mol. The number of rotatable bonds is 6. The maximum Gasteiger partial charge on any atom is 0.242 e. The summed E-state index contributed by atoms with van der Waals surface area (Å²) in [7, 11) is 0. The zero-order valence-corrected chi connectivity index (χ0v) is 15.4. The zero-order chi connectivity index (χ0) is 17.8. The molecule has 0 spiro atoms. The monoisotopic (exact) mass is 366 g/mol. The summed E-state index contributed by atoms with van der Waals surface area (Å²) in [5.41, 5.74) is 0.837. The van der Waals surface area contributed by atoms with Gasteiger partial charge in [0.15, 0.2) is 5.82 Å². The standard InChI is InChI=1S/C14H22N8O2S/c1-9-5-21(6-10(2)24-9)7-13-17-18-19-22(13)8-14(23)15-4-12-11(3)16-20-25-12/h9-10H,4-8H2,1-3H3,(H,15,23)/t9-,10+. The van der Waals surface area contributed by atoms with Crippen molar-refractivity contribution in [1.29, 1.82) is 0 Å². The number of tetrazole rings is 1. The molecule has 0 bridgehead atoms. The third-order valence-corrected chi connectivity index (χ3v) is 4.77. The molecule has 3 rings (SSSR count). The van der Waals surface area contributed by atoms with Crippen molar-refractivity contribution in [2.24, 2.45) is 0 Å². The number of carbonyl (C=O) groups excluding carboxylic acids is 1. The summed E-state index contributed by atoms with van der Waals surface area (Å²) >= 11 is 1.28. The lowest BCUT2D eigenvalue weighted by atomic mass is 10.2. The van der Waals surface area contributed by atoms with Crippen LogP contribution in [0.2, 0.25) is 0 Å². The molecule has 2 aromatic heterocycles. The van der Waals surface area contributed by atoms with Crippen LogP contribution in [0.1, 0.15) is 30.2 Å². The van der Waals surface area contributed by atoms with Crippen LogP contribution in [0.3, 0.4) is 0 Å². The summed E-state index contributed by atoms with van der Waals surface area (Å²) in [5.74, 6) is 0.525. The number of nitrogens with one attached hydrogen (secondary N) is 1. The van der Waals surface area contributed by atoms with Gasteiger partial charge >= 0.3 is 0 Å². The summed E-state index contributed by atoms with van der Waals surface area (Å²) in [6.07, 6.45) is 0.347. The van der Waals surface area contributed by atoms with Crippen molar-refractivity contribution < 1.29 is 9.53 Å². The number of aryl methyl sites for hydroxylation is 1. The first-order valence-electron chi connectivity index (χ1n) is 8.18. The summed E-state index contributed by atoms with van der Waals surface area (Å²) < 4.78 is 11.1. The molecule has 2 aromatic rings. The van der Waals surface area contributed by atoms with Gasteiger partial charge in [-0.3, -0.25) is 9.69 Å². The highest BCUT2D eigenvalue weighted by molar-refractivity contribution is 7.05. The van der Waals surface area contributed by atoms with Gasteiger partial charge in [0.25, 0.3) is 0 Å². The van der Waals surface area contributed by atoms with E-state index in [1.165, 1.54) is 16.2 Å².